The molecule has 0 bridgehead atoms. The van der Waals surface area contributed by atoms with Crippen molar-refractivity contribution in [3.8, 4) is 16.9 Å². The molecule has 0 radical (unpaired) electrons. The summed E-state index contributed by atoms with van der Waals surface area (Å²) < 4.78 is 6.50. The zero-order valence-electron chi connectivity index (χ0n) is 25.5. The second kappa shape index (κ2) is 11.3. The molecule has 5 heteroatoms. The zero-order valence-corrected chi connectivity index (χ0v) is 27.9. The molecule has 0 saturated carbocycles. The van der Waals surface area contributed by atoms with E-state index in [1.807, 2.05) is 23.9 Å². The minimum atomic E-state index is 0. The monoisotopic (exact) mass is 759 g/mol. The second-order valence-electron chi connectivity index (χ2n) is 11.6. The van der Waals surface area contributed by atoms with Crippen molar-refractivity contribution in [2.24, 2.45) is 7.05 Å². The van der Waals surface area contributed by atoms with Gasteiger partial charge in [-0.3, -0.25) is 0 Å². The van der Waals surface area contributed by atoms with Crippen LogP contribution in [0.1, 0.15) is 16.7 Å². The van der Waals surface area contributed by atoms with E-state index in [1.165, 1.54) is 49.3 Å². The maximum atomic E-state index is 4.41. The molecule has 4 nitrogen and oxygen atoms in total. The molecule has 9 aromatic rings. The van der Waals surface area contributed by atoms with Crippen molar-refractivity contribution in [1.82, 2.24) is 14.0 Å². The van der Waals surface area contributed by atoms with Gasteiger partial charge in [-0.2, -0.15) is 18.2 Å². The Morgan fingerprint density at radius 3 is 2.22 bits per heavy atom. The summed E-state index contributed by atoms with van der Waals surface area (Å²) in [7, 11) is 2.03. The molecule has 0 aliphatic rings. The summed E-state index contributed by atoms with van der Waals surface area (Å²) in [5.74, 6) is 0. The van der Waals surface area contributed by atoms with E-state index < -0.39 is 0 Å². The Hall–Kier alpha value is -4.83. The second-order valence-corrected chi connectivity index (χ2v) is 11.6. The maximum Gasteiger partial charge on any atom is 3.00 e. The molecule has 0 N–H and O–H groups in total. The smallest absolute Gasteiger partial charge is 0.342 e. The summed E-state index contributed by atoms with van der Waals surface area (Å²) in [5.41, 5.74) is 12.7. The van der Waals surface area contributed by atoms with Gasteiger partial charge in [0, 0.05) is 22.5 Å². The molecule has 0 aliphatic carbocycles. The van der Waals surface area contributed by atoms with Crippen molar-refractivity contribution in [3.63, 3.8) is 0 Å². The summed E-state index contributed by atoms with van der Waals surface area (Å²) in [4.78, 5) is 4.41. The Kier molecular flexibility index (Phi) is 7.24. The van der Waals surface area contributed by atoms with Crippen LogP contribution in [0, 0.1) is 39.2 Å². The Morgan fingerprint density at radius 2 is 1.44 bits per heavy atom. The fraction of sp³-hybridized carbons (Fsp3) is 0.100. The molecule has 4 heterocycles. The molecule has 0 amide bonds. The first-order chi connectivity index (χ1) is 21.5. The predicted octanol–water partition coefficient (Wildman–Crippen LogP) is 8.68. The first-order valence-corrected chi connectivity index (χ1v) is 14.9. The molecule has 0 atom stereocenters. The zero-order chi connectivity index (χ0) is 29.9. The molecular weight excluding hydrogens is 729 g/mol. The molecule has 9 rings (SSSR count). The molecular formula is C40H30IrN4+. The van der Waals surface area contributed by atoms with E-state index >= 15 is 0 Å². The maximum absolute atomic E-state index is 4.41. The van der Waals surface area contributed by atoms with Gasteiger partial charge in [0.15, 0.2) is 0 Å². The first-order valence-electron chi connectivity index (χ1n) is 14.9. The molecule has 0 unspecified atom stereocenters. The number of benzene rings is 5. The fourth-order valence-corrected chi connectivity index (χ4v) is 6.28. The number of rotatable bonds is 2. The van der Waals surface area contributed by atoms with Crippen LogP contribution < -0.4 is 4.57 Å². The topological polar surface area (TPSA) is 26.1 Å². The summed E-state index contributed by atoms with van der Waals surface area (Å²) in [5, 5.41) is 5.11. The minimum absolute atomic E-state index is 0. The van der Waals surface area contributed by atoms with Gasteiger partial charge in [0.25, 0.3) is 0 Å². The van der Waals surface area contributed by atoms with Gasteiger partial charge in [0.2, 0.25) is 6.33 Å². The summed E-state index contributed by atoms with van der Waals surface area (Å²) >= 11 is 0. The summed E-state index contributed by atoms with van der Waals surface area (Å²) in [6, 6.07) is 43.2. The predicted molar refractivity (Wildman–Crippen MR) is 180 cm³/mol. The number of aromatic nitrogens is 4. The number of aryl methyl sites for hydroxylation is 4. The van der Waals surface area contributed by atoms with Crippen LogP contribution in [0.25, 0.3) is 66.1 Å². The summed E-state index contributed by atoms with van der Waals surface area (Å²) in [6.45, 7) is 6.24. The first kappa shape index (κ1) is 28.9. The normalized spacial score (nSPS) is 11.4. The molecule has 5 aromatic carbocycles. The molecule has 0 saturated heterocycles. The van der Waals surface area contributed by atoms with Gasteiger partial charge >= 0.3 is 20.1 Å². The number of hydrogen-bond donors (Lipinski definition) is 0. The van der Waals surface area contributed by atoms with Gasteiger partial charge < -0.3 is 18.5 Å². The number of nitrogens with zero attached hydrogens (tertiary/aromatic N) is 4. The SMILES string of the molecule is C[n+]1[c-]n(-c2[c-]c3c(cc2)c2cccc4c5ccccc5n3c24)c2ccccc21.Cc1c[c-]c(-c2cc(C)c(C)cn2)cc1.[Ir+3]. The van der Waals surface area contributed by atoms with Gasteiger partial charge in [-0.15, -0.1) is 40.8 Å². The van der Waals surface area contributed by atoms with Crippen molar-refractivity contribution in [3.05, 3.63) is 144 Å². The van der Waals surface area contributed by atoms with Crippen molar-refractivity contribution in [2.75, 3.05) is 0 Å². The van der Waals surface area contributed by atoms with Crippen LogP contribution in [0.2, 0.25) is 0 Å². The molecule has 45 heavy (non-hydrogen) atoms. The Morgan fingerprint density at radius 1 is 0.711 bits per heavy atom. The van der Waals surface area contributed by atoms with Crippen LogP contribution in [-0.4, -0.2) is 14.0 Å². The van der Waals surface area contributed by atoms with Gasteiger partial charge in [0.1, 0.15) is 0 Å². The van der Waals surface area contributed by atoms with Crippen molar-refractivity contribution in [1.29, 1.82) is 0 Å². The molecule has 0 aliphatic heterocycles. The van der Waals surface area contributed by atoms with Crippen molar-refractivity contribution in [2.45, 2.75) is 20.8 Å². The third kappa shape index (κ3) is 4.71. The largest absolute Gasteiger partial charge is 3.00 e. The standard InChI is InChI=1S/C26H16N3.C14H14N.Ir/c1-27-16-28(24-12-5-4-11-23(24)27)17-13-14-19-21-9-6-8-20-18-7-2-3-10-22(18)29(26(20)21)25(19)15-17;1-10-4-6-13(7-5-10)14-8-11(2)12(3)9-15-14;/h2-14H,1H3;4-6,8-9H,1-3H3;/q2*-1;+3. The van der Waals surface area contributed by atoms with Crippen molar-refractivity contribution >= 4 is 49.1 Å². The van der Waals surface area contributed by atoms with E-state index in [1.54, 1.807) is 0 Å². The molecule has 0 spiro atoms. The number of para-hydroxylation sites is 4. The average Bonchev–Trinajstić information content (AvgIpc) is 3.70. The Labute approximate surface area is 275 Å². The Bertz CT molecular complexity index is 2480. The van der Waals surface area contributed by atoms with Gasteiger partial charge in [0.05, 0.1) is 23.6 Å². The average molecular weight is 759 g/mol. The molecule has 218 valence electrons. The third-order valence-corrected chi connectivity index (χ3v) is 8.71. The van der Waals surface area contributed by atoms with E-state index in [9.17, 15) is 0 Å². The van der Waals surface area contributed by atoms with Gasteiger partial charge in [-0.05, 0) is 36.6 Å². The number of pyridine rings is 1. The molecule has 4 aromatic heterocycles. The van der Waals surface area contributed by atoms with E-state index in [-0.39, 0.29) is 20.1 Å². The third-order valence-electron chi connectivity index (χ3n) is 8.71. The van der Waals surface area contributed by atoms with Gasteiger partial charge in [-0.25, -0.2) is 0 Å². The number of fused-ring (bicyclic) bond motifs is 7. The molecule has 0 fully saturated rings. The van der Waals surface area contributed by atoms with Crippen LogP contribution in [0.15, 0.2) is 109 Å². The minimum Gasteiger partial charge on any atom is -0.342 e. The van der Waals surface area contributed by atoms with E-state index in [2.05, 4.69) is 150 Å². The van der Waals surface area contributed by atoms with Crippen LogP contribution in [0.5, 0.6) is 0 Å². The van der Waals surface area contributed by atoms with Crippen molar-refractivity contribution < 1.29 is 24.7 Å². The quantitative estimate of drug-likeness (QED) is 0.128. The van der Waals surface area contributed by atoms with Crippen LogP contribution in [-0.2, 0) is 27.2 Å². The number of hydrogen-bond acceptors (Lipinski definition) is 1. The number of imidazole rings is 1. The van der Waals surface area contributed by atoms with Gasteiger partial charge in [-0.1, -0.05) is 90.4 Å². The van der Waals surface area contributed by atoms with Crippen LogP contribution >= 0.6 is 0 Å². The van der Waals surface area contributed by atoms with Crippen LogP contribution in [0.4, 0.5) is 0 Å². The van der Waals surface area contributed by atoms with E-state index in [4.69, 9.17) is 0 Å². The summed E-state index contributed by atoms with van der Waals surface area (Å²) in [6.07, 6.45) is 5.34. The van der Waals surface area contributed by atoms with Crippen LogP contribution in [0.3, 0.4) is 0 Å². The van der Waals surface area contributed by atoms with E-state index in [0.717, 1.165) is 33.5 Å². The van der Waals surface area contributed by atoms with E-state index in [0.29, 0.717) is 0 Å². The fourth-order valence-electron chi connectivity index (χ4n) is 6.28. The Balaban J connectivity index is 0.000000173.